The van der Waals surface area contributed by atoms with Gasteiger partial charge < -0.3 is 9.47 Å². The lowest BCUT2D eigenvalue weighted by atomic mass is 10.2. The molecule has 0 aliphatic carbocycles. The van der Waals surface area contributed by atoms with E-state index in [0.29, 0.717) is 0 Å². The largest absolute Gasteiger partial charge is 0.465 e. The molecule has 0 aliphatic rings. The highest BCUT2D eigenvalue weighted by Crippen LogP contribution is 2.01. The highest BCUT2D eigenvalue weighted by Gasteiger charge is 2.24. The number of esters is 2. The van der Waals surface area contributed by atoms with Crippen LogP contribution in [0.2, 0.25) is 0 Å². The molecule has 4 heteroatoms. The molecule has 0 rings (SSSR count). The Bertz CT molecular complexity index is 146. The first-order valence-corrected chi connectivity index (χ1v) is 3.76. The van der Waals surface area contributed by atoms with E-state index < -0.39 is 17.9 Å². The normalized spacial score (nSPS) is 11.8. The minimum atomic E-state index is -0.855. The standard InChI is InChI=1S/C8H13O4/c1-4-11-7(9)6(3)8(10)12-5-2/h6H,1,4-5H2,2-3H3/q+1. The van der Waals surface area contributed by atoms with Crippen LogP contribution in [0.25, 0.3) is 0 Å². The molecule has 0 aromatic heterocycles. The van der Waals surface area contributed by atoms with Gasteiger partial charge in [0.2, 0.25) is 6.61 Å². The Labute approximate surface area is 71.8 Å². The summed E-state index contributed by atoms with van der Waals surface area (Å²) in [7, 11) is 0. The molecule has 0 fully saturated rings. The van der Waals surface area contributed by atoms with Crippen molar-refractivity contribution in [2.24, 2.45) is 5.92 Å². The SMILES string of the molecule is [CH2+]COC(=O)C(C)C(=O)OCC. The highest BCUT2D eigenvalue weighted by atomic mass is 16.6. The van der Waals surface area contributed by atoms with Crippen molar-refractivity contribution >= 4 is 11.9 Å². The van der Waals surface area contributed by atoms with Crippen molar-refractivity contribution in [3.05, 3.63) is 6.92 Å². The van der Waals surface area contributed by atoms with Gasteiger partial charge in [-0.3, -0.25) is 9.59 Å². The number of carbonyl (C=O) groups excluding carboxylic acids is 2. The molecule has 1 unspecified atom stereocenters. The van der Waals surface area contributed by atoms with Crippen LogP contribution in [0.4, 0.5) is 0 Å². The molecule has 0 amide bonds. The van der Waals surface area contributed by atoms with Crippen molar-refractivity contribution in [1.82, 2.24) is 0 Å². The van der Waals surface area contributed by atoms with Crippen LogP contribution < -0.4 is 0 Å². The third kappa shape index (κ3) is 3.27. The predicted molar refractivity (Wildman–Crippen MR) is 42.1 cm³/mol. The van der Waals surface area contributed by atoms with E-state index in [1.807, 2.05) is 0 Å². The van der Waals surface area contributed by atoms with Crippen LogP contribution >= 0.6 is 0 Å². The first kappa shape index (κ1) is 10.8. The van der Waals surface area contributed by atoms with Crippen LogP contribution in [0.1, 0.15) is 13.8 Å². The van der Waals surface area contributed by atoms with Gasteiger partial charge in [-0.15, -0.1) is 0 Å². The molecule has 0 radical (unpaired) electrons. The zero-order valence-electron chi connectivity index (χ0n) is 7.33. The van der Waals surface area contributed by atoms with E-state index in [0.717, 1.165) is 0 Å². The van der Waals surface area contributed by atoms with Gasteiger partial charge in [-0.2, -0.15) is 0 Å². The molecule has 0 aliphatic heterocycles. The third-order valence-corrected chi connectivity index (χ3v) is 1.24. The van der Waals surface area contributed by atoms with Crippen LogP contribution in [0.5, 0.6) is 0 Å². The molecular formula is C8H13O4+. The predicted octanol–water partition coefficient (Wildman–Crippen LogP) is 0.563. The van der Waals surface area contributed by atoms with E-state index in [9.17, 15) is 9.59 Å². The van der Waals surface area contributed by atoms with Gasteiger partial charge in [-0.25, -0.2) is 0 Å². The highest BCUT2D eigenvalue weighted by molar-refractivity contribution is 5.94. The van der Waals surface area contributed by atoms with Crippen LogP contribution in [-0.4, -0.2) is 25.2 Å². The summed E-state index contributed by atoms with van der Waals surface area (Å²) in [6.07, 6.45) is 0. The zero-order chi connectivity index (χ0) is 9.56. The summed E-state index contributed by atoms with van der Waals surface area (Å²) in [5.41, 5.74) is 0. The monoisotopic (exact) mass is 173 g/mol. The fourth-order valence-corrected chi connectivity index (χ4v) is 0.589. The number of rotatable bonds is 4. The van der Waals surface area contributed by atoms with Gasteiger partial charge in [0.1, 0.15) is 6.92 Å². The van der Waals surface area contributed by atoms with Gasteiger partial charge in [0.25, 0.3) is 0 Å². The van der Waals surface area contributed by atoms with Gasteiger partial charge in [-0.05, 0) is 13.8 Å². The van der Waals surface area contributed by atoms with Crippen molar-refractivity contribution in [2.75, 3.05) is 13.2 Å². The lowest BCUT2D eigenvalue weighted by molar-refractivity contribution is -0.160. The second-order valence-corrected chi connectivity index (χ2v) is 2.14. The summed E-state index contributed by atoms with van der Waals surface area (Å²) in [6, 6.07) is 0. The first-order valence-electron chi connectivity index (χ1n) is 3.76. The van der Waals surface area contributed by atoms with E-state index in [2.05, 4.69) is 16.4 Å². The quantitative estimate of drug-likeness (QED) is 0.354. The number of carbonyl (C=O) groups is 2. The van der Waals surface area contributed by atoms with Crippen molar-refractivity contribution in [3.8, 4) is 0 Å². The van der Waals surface area contributed by atoms with E-state index in [1.54, 1.807) is 6.92 Å². The first-order chi connectivity index (χ1) is 5.63. The Morgan fingerprint density at radius 2 is 1.83 bits per heavy atom. The maximum atomic E-state index is 10.9. The summed E-state index contributed by atoms with van der Waals surface area (Å²) in [5.74, 6) is -2.01. The van der Waals surface area contributed by atoms with Crippen LogP contribution in [-0.2, 0) is 19.1 Å². The Morgan fingerprint density at radius 1 is 1.33 bits per heavy atom. The summed E-state index contributed by atoms with van der Waals surface area (Å²) >= 11 is 0. The lowest BCUT2D eigenvalue weighted by Crippen LogP contribution is -2.25. The minimum Gasteiger partial charge on any atom is -0.465 e. The number of ether oxygens (including phenoxy) is 2. The zero-order valence-corrected chi connectivity index (χ0v) is 7.33. The van der Waals surface area contributed by atoms with Gasteiger partial charge in [0.05, 0.1) is 6.61 Å². The second kappa shape index (κ2) is 5.46. The van der Waals surface area contributed by atoms with E-state index in [4.69, 9.17) is 0 Å². The summed E-state index contributed by atoms with van der Waals surface area (Å²) < 4.78 is 9.13. The third-order valence-electron chi connectivity index (χ3n) is 1.24. The Hall–Kier alpha value is -1.19. The minimum absolute atomic E-state index is 0.0303. The van der Waals surface area contributed by atoms with E-state index in [1.165, 1.54) is 6.92 Å². The Balaban J connectivity index is 3.91. The summed E-state index contributed by atoms with van der Waals surface area (Å²) in [6.45, 7) is 6.73. The molecule has 68 valence electrons. The topological polar surface area (TPSA) is 52.6 Å². The average Bonchev–Trinajstić information content (AvgIpc) is 2.04. The molecule has 0 spiro atoms. The van der Waals surface area contributed by atoms with Gasteiger partial charge >= 0.3 is 11.9 Å². The van der Waals surface area contributed by atoms with Crippen LogP contribution in [0.15, 0.2) is 0 Å². The van der Waals surface area contributed by atoms with Crippen molar-refractivity contribution < 1.29 is 19.1 Å². The summed E-state index contributed by atoms with van der Waals surface area (Å²) in [4.78, 5) is 21.8. The second-order valence-electron chi connectivity index (χ2n) is 2.14. The molecule has 12 heavy (non-hydrogen) atoms. The molecule has 0 aromatic carbocycles. The molecule has 4 nitrogen and oxygen atoms in total. The van der Waals surface area contributed by atoms with Gasteiger partial charge in [0, 0.05) is 0 Å². The molecule has 0 saturated heterocycles. The maximum Gasteiger partial charge on any atom is 0.323 e. The Morgan fingerprint density at radius 3 is 2.25 bits per heavy atom. The van der Waals surface area contributed by atoms with Crippen molar-refractivity contribution in [3.63, 3.8) is 0 Å². The average molecular weight is 173 g/mol. The molecule has 0 aromatic rings. The van der Waals surface area contributed by atoms with Crippen molar-refractivity contribution in [1.29, 1.82) is 0 Å². The molecule has 0 bridgehead atoms. The number of hydrogen-bond donors (Lipinski definition) is 0. The fourth-order valence-electron chi connectivity index (χ4n) is 0.589. The van der Waals surface area contributed by atoms with Crippen LogP contribution in [0, 0.1) is 12.8 Å². The van der Waals surface area contributed by atoms with E-state index >= 15 is 0 Å². The maximum absolute atomic E-state index is 10.9. The molecule has 0 saturated carbocycles. The molecule has 0 N–H and O–H groups in total. The van der Waals surface area contributed by atoms with Crippen molar-refractivity contribution in [2.45, 2.75) is 13.8 Å². The van der Waals surface area contributed by atoms with Gasteiger partial charge in [-0.1, -0.05) is 0 Å². The smallest absolute Gasteiger partial charge is 0.323 e. The fraction of sp³-hybridized carbons (Fsp3) is 0.625. The summed E-state index contributed by atoms with van der Waals surface area (Å²) in [5, 5.41) is 0. The van der Waals surface area contributed by atoms with Crippen LogP contribution in [0.3, 0.4) is 0 Å². The van der Waals surface area contributed by atoms with Gasteiger partial charge in [0.15, 0.2) is 5.92 Å². The van der Waals surface area contributed by atoms with E-state index in [-0.39, 0.29) is 13.2 Å². The lowest BCUT2D eigenvalue weighted by Gasteiger charge is -2.07. The molecular weight excluding hydrogens is 160 g/mol. The molecule has 1 atom stereocenters. The number of hydrogen-bond acceptors (Lipinski definition) is 4. The molecule has 0 heterocycles. The Kier molecular flexibility index (Phi) is 4.92.